The summed E-state index contributed by atoms with van der Waals surface area (Å²) in [6.07, 6.45) is 0. The van der Waals surface area contributed by atoms with Crippen LogP contribution in [-0.4, -0.2) is 20.3 Å². The molecule has 2 aromatic rings. The highest BCUT2D eigenvalue weighted by Crippen LogP contribution is 2.22. The largest absolute Gasteiger partial charge is 0.384 e. The molecule has 0 bridgehead atoms. The Morgan fingerprint density at radius 2 is 1.88 bits per heavy atom. The molecule has 17 heavy (non-hydrogen) atoms. The molecule has 0 radical (unpaired) electrons. The van der Waals surface area contributed by atoms with Crippen LogP contribution in [0.1, 0.15) is 6.92 Å². The van der Waals surface area contributed by atoms with Crippen molar-refractivity contribution in [1.82, 2.24) is 0 Å². The van der Waals surface area contributed by atoms with Crippen LogP contribution in [0.5, 0.6) is 0 Å². The molecule has 0 amide bonds. The molecule has 2 heteroatoms. The van der Waals surface area contributed by atoms with Gasteiger partial charge in [0, 0.05) is 24.7 Å². The normalized spacial score (nSPS) is 12.6. The van der Waals surface area contributed by atoms with Gasteiger partial charge in [-0.1, -0.05) is 43.3 Å². The fourth-order valence-electron chi connectivity index (χ4n) is 2.01. The lowest BCUT2D eigenvalue weighted by atomic mass is 10.1. The smallest absolute Gasteiger partial charge is 0.0504 e. The van der Waals surface area contributed by atoms with Crippen LogP contribution in [0.3, 0.4) is 0 Å². The highest BCUT2D eigenvalue weighted by atomic mass is 16.5. The Morgan fingerprint density at radius 1 is 1.12 bits per heavy atom. The predicted octanol–water partition coefficient (Wildman–Crippen LogP) is 3.53. The minimum atomic E-state index is 0.513. The van der Waals surface area contributed by atoms with E-state index in [1.807, 2.05) is 0 Å². The zero-order valence-corrected chi connectivity index (χ0v) is 10.4. The fourth-order valence-corrected chi connectivity index (χ4v) is 2.01. The summed E-state index contributed by atoms with van der Waals surface area (Å²) in [5.41, 5.74) is 1.20. The summed E-state index contributed by atoms with van der Waals surface area (Å²) in [5, 5.41) is 6.04. The molecule has 1 N–H and O–H groups in total. The average molecular weight is 229 g/mol. The van der Waals surface area contributed by atoms with E-state index in [2.05, 4.69) is 54.7 Å². The second-order valence-corrected chi connectivity index (χ2v) is 4.47. The Morgan fingerprint density at radius 3 is 2.71 bits per heavy atom. The fraction of sp³-hybridized carbons (Fsp3) is 0.333. The van der Waals surface area contributed by atoms with Crippen LogP contribution >= 0.6 is 0 Å². The minimum Gasteiger partial charge on any atom is -0.384 e. The Labute approximate surface area is 103 Å². The highest BCUT2D eigenvalue weighted by Gasteiger charge is 2.03. The number of hydrogen-bond donors (Lipinski definition) is 1. The number of hydrogen-bond acceptors (Lipinski definition) is 2. The number of methoxy groups -OCH3 is 1. The molecule has 2 aromatic carbocycles. The molecule has 2 rings (SSSR count). The minimum absolute atomic E-state index is 0.513. The van der Waals surface area contributed by atoms with Crippen molar-refractivity contribution in [2.45, 2.75) is 6.92 Å². The summed E-state index contributed by atoms with van der Waals surface area (Å²) in [4.78, 5) is 0. The molecular formula is C15H19NO. The van der Waals surface area contributed by atoms with Crippen LogP contribution in [0, 0.1) is 5.92 Å². The third kappa shape index (κ3) is 2.98. The number of anilines is 1. The Kier molecular flexibility index (Phi) is 3.99. The third-order valence-electron chi connectivity index (χ3n) is 2.88. The van der Waals surface area contributed by atoms with Crippen molar-refractivity contribution in [3.8, 4) is 0 Å². The van der Waals surface area contributed by atoms with Crippen molar-refractivity contribution < 1.29 is 4.74 Å². The number of fused-ring (bicyclic) bond motifs is 1. The van der Waals surface area contributed by atoms with Gasteiger partial charge >= 0.3 is 0 Å². The van der Waals surface area contributed by atoms with E-state index in [0.29, 0.717) is 5.92 Å². The quantitative estimate of drug-likeness (QED) is 0.846. The van der Waals surface area contributed by atoms with Gasteiger partial charge in [0.15, 0.2) is 0 Å². The van der Waals surface area contributed by atoms with Crippen molar-refractivity contribution in [1.29, 1.82) is 0 Å². The molecule has 0 aliphatic rings. The maximum atomic E-state index is 5.14. The molecule has 0 saturated heterocycles. The van der Waals surface area contributed by atoms with Gasteiger partial charge < -0.3 is 10.1 Å². The molecule has 0 spiro atoms. The highest BCUT2D eigenvalue weighted by molar-refractivity contribution is 5.93. The van der Waals surface area contributed by atoms with Crippen molar-refractivity contribution in [3.63, 3.8) is 0 Å². The van der Waals surface area contributed by atoms with E-state index in [-0.39, 0.29) is 0 Å². The number of nitrogens with one attached hydrogen (secondary N) is 1. The summed E-state index contributed by atoms with van der Waals surface area (Å²) >= 11 is 0. The third-order valence-corrected chi connectivity index (χ3v) is 2.88. The van der Waals surface area contributed by atoms with Crippen LogP contribution in [-0.2, 0) is 4.74 Å². The molecule has 0 aliphatic heterocycles. The SMILES string of the molecule is COCC(C)CNc1cccc2ccccc12. The molecule has 2 nitrogen and oxygen atoms in total. The Balaban J connectivity index is 2.13. The van der Waals surface area contributed by atoms with Gasteiger partial charge in [0.2, 0.25) is 0 Å². The van der Waals surface area contributed by atoms with Crippen LogP contribution in [0.4, 0.5) is 5.69 Å². The summed E-state index contributed by atoms with van der Waals surface area (Å²) in [7, 11) is 1.74. The maximum Gasteiger partial charge on any atom is 0.0504 e. The first kappa shape index (κ1) is 11.9. The number of benzene rings is 2. The predicted molar refractivity (Wildman–Crippen MR) is 73.5 cm³/mol. The summed E-state index contributed by atoms with van der Waals surface area (Å²) in [6, 6.07) is 14.8. The second kappa shape index (κ2) is 5.69. The molecule has 1 unspecified atom stereocenters. The van der Waals surface area contributed by atoms with E-state index in [0.717, 1.165) is 13.2 Å². The Bertz CT molecular complexity index is 476. The van der Waals surface area contributed by atoms with E-state index in [9.17, 15) is 0 Å². The van der Waals surface area contributed by atoms with Crippen LogP contribution in [0.25, 0.3) is 10.8 Å². The van der Waals surface area contributed by atoms with Gasteiger partial charge in [-0.15, -0.1) is 0 Å². The zero-order chi connectivity index (χ0) is 12.1. The second-order valence-electron chi connectivity index (χ2n) is 4.47. The van der Waals surface area contributed by atoms with E-state index in [4.69, 9.17) is 4.74 Å². The van der Waals surface area contributed by atoms with E-state index >= 15 is 0 Å². The molecule has 90 valence electrons. The van der Waals surface area contributed by atoms with Crippen LogP contribution in [0.2, 0.25) is 0 Å². The first-order valence-electron chi connectivity index (χ1n) is 6.02. The molecule has 0 saturated carbocycles. The van der Waals surface area contributed by atoms with E-state index in [1.165, 1.54) is 16.5 Å². The first-order chi connectivity index (χ1) is 8.31. The van der Waals surface area contributed by atoms with Gasteiger partial charge in [-0.2, -0.15) is 0 Å². The van der Waals surface area contributed by atoms with Crippen molar-refractivity contribution >= 4 is 16.5 Å². The van der Waals surface area contributed by atoms with Crippen molar-refractivity contribution in [3.05, 3.63) is 42.5 Å². The topological polar surface area (TPSA) is 21.3 Å². The van der Waals surface area contributed by atoms with Gasteiger partial charge in [0.05, 0.1) is 6.61 Å². The molecule has 0 fully saturated rings. The number of ether oxygens (including phenoxy) is 1. The molecule has 0 aliphatic carbocycles. The zero-order valence-electron chi connectivity index (χ0n) is 10.4. The van der Waals surface area contributed by atoms with E-state index in [1.54, 1.807) is 7.11 Å². The maximum absolute atomic E-state index is 5.14. The number of rotatable bonds is 5. The molecule has 0 aromatic heterocycles. The van der Waals surface area contributed by atoms with Gasteiger partial charge in [0.25, 0.3) is 0 Å². The average Bonchev–Trinajstić information content (AvgIpc) is 2.36. The van der Waals surface area contributed by atoms with Gasteiger partial charge in [-0.05, 0) is 17.4 Å². The standard InChI is InChI=1S/C15H19NO/c1-12(11-17-2)10-16-15-9-5-7-13-6-3-4-8-14(13)15/h3-9,12,16H,10-11H2,1-2H3. The lowest BCUT2D eigenvalue weighted by molar-refractivity contribution is 0.164. The monoisotopic (exact) mass is 229 g/mol. The lowest BCUT2D eigenvalue weighted by Crippen LogP contribution is -2.15. The molecule has 0 heterocycles. The molecular weight excluding hydrogens is 210 g/mol. The summed E-state index contributed by atoms with van der Waals surface area (Å²) in [6.45, 7) is 3.90. The van der Waals surface area contributed by atoms with Crippen LogP contribution in [0.15, 0.2) is 42.5 Å². The summed E-state index contributed by atoms with van der Waals surface area (Å²) < 4.78 is 5.14. The Hall–Kier alpha value is -1.54. The van der Waals surface area contributed by atoms with Crippen LogP contribution < -0.4 is 5.32 Å². The van der Waals surface area contributed by atoms with Crippen molar-refractivity contribution in [2.24, 2.45) is 5.92 Å². The van der Waals surface area contributed by atoms with Gasteiger partial charge in [-0.3, -0.25) is 0 Å². The lowest BCUT2D eigenvalue weighted by Gasteiger charge is -2.14. The first-order valence-corrected chi connectivity index (χ1v) is 6.02. The molecule has 1 atom stereocenters. The van der Waals surface area contributed by atoms with Crippen molar-refractivity contribution in [2.75, 3.05) is 25.6 Å². The van der Waals surface area contributed by atoms with Gasteiger partial charge in [-0.25, -0.2) is 0 Å². The van der Waals surface area contributed by atoms with Gasteiger partial charge in [0.1, 0.15) is 0 Å². The van der Waals surface area contributed by atoms with E-state index < -0.39 is 0 Å². The summed E-state index contributed by atoms with van der Waals surface area (Å²) in [5.74, 6) is 0.513.